The molecule has 0 radical (unpaired) electrons. The predicted octanol–water partition coefficient (Wildman–Crippen LogP) is 2.72. The molecular formula is C16H24O4. The van der Waals surface area contributed by atoms with Crippen LogP contribution in [-0.2, 0) is 16.0 Å². The molecule has 1 N–H and O–H groups in total. The van der Waals surface area contributed by atoms with Gasteiger partial charge in [0.15, 0.2) is 5.60 Å². The first-order valence-electron chi connectivity index (χ1n) is 7.05. The summed E-state index contributed by atoms with van der Waals surface area (Å²) >= 11 is 0. The highest BCUT2D eigenvalue weighted by molar-refractivity contribution is 5.79. The van der Waals surface area contributed by atoms with Crippen LogP contribution < -0.4 is 4.74 Å². The topological polar surface area (TPSA) is 55.8 Å². The summed E-state index contributed by atoms with van der Waals surface area (Å²) in [4.78, 5) is 11.8. The molecule has 0 aliphatic carbocycles. The van der Waals surface area contributed by atoms with Gasteiger partial charge < -0.3 is 14.6 Å². The molecule has 0 bridgehead atoms. The Kier molecular flexibility index (Phi) is 6.52. The summed E-state index contributed by atoms with van der Waals surface area (Å²) in [5.41, 5.74) is 0.135. The lowest BCUT2D eigenvalue weighted by atomic mass is 10.1. The van der Waals surface area contributed by atoms with Gasteiger partial charge in [0.2, 0.25) is 0 Å². The van der Waals surface area contributed by atoms with E-state index in [1.165, 1.54) is 0 Å². The van der Waals surface area contributed by atoms with Crippen LogP contribution in [0, 0.1) is 0 Å². The molecule has 0 amide bonds. The number of aryl methyl sites for hydroxylation is 1. The van der Waals surface area contributed by atoms with Gasteiger partial charge in [-0.05, 0) is 57.7 Å². The number of benzene rings is 1. The van der Waals surface area contributed by atoms with Crippen LogP contribution in [0.15, 0.2) is 24.3 Å². The minimum absolute atomic E-state index is 0.214. The highest BCUT2D eigenvalue weighted by Gasteiger charge is 2.31. The molecule has 0 fully saturated rings. The van der Waals surface area contributed by atoms with E-state index in [2.05, 4.69) is 0 Å². The monoisotopic (exact) mass is 280 g/mol. The quantitative estimate of drug-likeness (QED) is 0.587. The van der Waals surface area contributed by atoms with E-state index in [-0.39, 0.29) is 12.6 Å². The maximum absolute atomic E-state index is 11.8. The summed E-state index contributed by atoms with van der Waals surface area (Å²) < 4.78 is 10.7. The van der Waals surface area contributed by atoms with Gasteiger partial charge in [-0.3, -0.25) is 0 Å². The van der Waals surface area contributed by atoms with E-state index >= 15 is 0 Å². The predicted molar refractivity (Wildman–Crippen MR) is 77.8 cm³/mol. The van der Waals surface area contributed by atoms with Crippen LogP contribution >= 0.6 is 0 Å². The number of hydrogen-bond donors (Lipinski definition) is 1. The third-order valence-corrected chi connectivity index (χ3v) is 2.91. The number of carbonyl (C=O) groups is 1. The molecule has 1 rings (SSSR count). The van der Waals surface area contributed by atoms with Gasteiger partial charge in [-0.25, -0.2) is 4.79 Å². The fourth-order valence-corrected chi connectivity index (χ4v) is 1.85. The van der Waals surface area contributed by atoms with Crippen LogP contribution in [0.1, 0.15) is 39.2 Å². The van der Waals surface area contributed by atoms with Crippen LogP contribution in [0.5, 0.6) is 5.75 Å². The molecule has 0 unspecified atom stereocenters. The highest BCUT2D eigenvalue weighted by atomic mass is 16.6. The molecule has 0 aliphatic heterocycles. The fraction of sp³-hybridized carbons (Fsp3) is 0.562. The second-order valence-electron chi connectivity index (χ2n) is 5.16. The van der Waals surface area contributed by atoms with Crippen molar-refractivity contribution in [2.45, 2.75) is 45.6 Å². The van der Waals surface area contributed by atoms with Crippen molar-refractivity contribution in [1.29, 1.82) is 0 Å². The largest absolute Gasteiger partial charge is 0.476 e. The standard InChI is InChI=1S/C16H24O4/c1-4-19-15(18)16(2,3)20-14-10-7-9-13(12-14)8-5-6-11-17/h7,9-10,12,17H,4-6,8,11H2,1-3H3. The Morgan fingerprint density at radius 1 is 1.30 bits per heavy atom. The van der Waals surface area contributed by atoms with Gasteiger partial charge in [0.1, 0.15) is 5.75 Å². The van der Waals surface area contributed by atoms with Gasteiger partial charge in [0.25, 0.3) is 0 Å². The van der Waals surface area contributed by atoms with Crippen molar-refractivity contribution in [3.05, 3.63) is 29.8 Å². The second-order valence-corrected chi connectivity index (χ2v) is 5.16. The molecule has 0 atom stereocenters. The summed E-state index contributed by atoms with van der Waals surface area (Å²) in [5, 5.41) is 8.79. The summed E-state index contributed by atoms with van der Waals surface area (Å²) in [7, 11) is 0. The van der Waals surface area contributed by atoms with Crippen LogP contribution in [-0.4, -0.2) is 29.9 Å². The van der Waals surface area contributed by atoms with Gasteiger partial charge in [0.05, 0.1) is 6.61 Å². The molecule has 4 heteroatoms. The first-order chi connectivity index (χ1) is 9.49. The van der Waals surface area contributed by atoms with E-state index in [0.29, 0.717) is 12.4 Å². The number of unbranched alkanes of at least 4 members (excludes halogenated alkanes) is 1. The average Bonchev–Trinajstić information content (AvgIpc) is 2.39. The number of carbonyl (C=O) groups excluding carboxylic acids is 1. The van der Waals surface area contributed by atoms with Gasteiger partial charge >= 0.3 is 5.97 Å². The Morgan fingerprint density at radius 3 is 2.70 bits per heavy atom. The Hall–Kier alpha value is -1.55. The Bertz CT molecular complexity index is 426. The average molecular weight is 280 g/mol. The van der Waals surface area contributed by atoms with E-state index < -0.39 is 5.60 Å². The van der Waals surface area contributed by atoms with E-state index in [9.17, 15) is 4.79 Å². The maximum atomic E-state index is 11.8. The highest BCUT2D eigenvalue weighted by Crippen LogP contribution is 2.21. The molecule has 0 aliphatic rings. The van der Waals surface area contributed by atoms with Gasteiger partial charge in [-0.1, -0.05) is 12.1 Å². The summed E-state index contributed by atoms with van der Waals surface area (Å²) in [6.07, 6.45) is 2.61. The molecule has 0 saturated carbocycles. The molecule has 0 heterocycles. The van der Waals surface area contributed by atoms with E-state index in [0.717, 1.165) is 24.8 Å². The van der Waals surface area contributed by atoms with Crippen molar-refractivity contribution in [3.8, 4) is 5.75 Å². The summed E-state index contributed by atoms with van der Waals surface area (Å²) in [6.45, 7) is 5.72. The first kappa shape index (κ1) is 16.5. The molecule has 1 aromatic rings. The smallest absolute Gasteiger partial charge is 0.349 e. The zero-order chi connectivity index (χ0) is 15.0. The van der Waals surface area contributed by atoms with Crippen molar-refractivity contribution in [3.63, 3.8) is 0 Å². The molecule has 0 saturated heterocycles. The number of rotatable bonds is 8. The third-order valence-electron chi connectivity index (χ3n) is 2.91. The molecular weight excluding hydrogens is 256 g/mol. The molecule has 0 aromatic heterocycles. The minimum Gasteiger partial charge on any atom is -0.476 e. The van der Waals surface area contributed by atoms with Gasteiger partial charge in [0, 0.05) is 6.61 Å². The first-order valence-corrected chi connectivity index (χ1v) is 7.05. The summed E-state index contributed by atoms with van der Waals surface area (Å²) in [5.74, 6) is 0.287. The van der Waals surface area contributed by atoms with Gasteiger partial charge in [-0.15, -0.1) is 0 Å². The Labute approximate surface area is 120 Å². The van der Waals surface area contributed by atoms with Crippen LogP contribution in [0.25, 0.3) is 0 Å². The SMILES string of the molecule is CCOC(=O)C(C)(C)Oc1cccc(CCCCO)c1. The molecule has 1 aromatic carbocycles. The lowest BCUT2D eigenvalue weighted by Gasteiger charge is -2.24. The molecule has 112 valence electrons. The van der Waals surface area contributed by atoms with Crippen molar-refractivity contribution in [1.82, 2.24) is 0 Å². The van der Waals surface area contributed by atoms with Crippen LogP contribution in [0.3, 0.4) is 0 Å². The molecule has 4 nitrogen and oxygen atoms in total. The lowest BCUT2D eigenvalue weighted by molar-refractivity contribution is -0.158. The van der Waals surface area contributed by atoms with E-state index in [4.69, 9.17) is 14.6 Å². The molecule has 0 spiro atoms. The zero-order valence-corrected chi connectivity index (χ0v) is 12.5. The summed E-state index contributed by atoms with van der Waals surface area (Å²) in [6, 6.07) is 7.68. The van der Waals surface area contributed by atoms with Gasteiger partial charge in [-0.2, -0.15) is 0 Å². The van der Waals surface area contributed by atoms with Crippen molar-refractivity contribution in [2.24, 2.45) is 0 Å². The second kappa shape index (κ2) is 7.90. The Morgan fingerprint density at radius 2 is 2.05 bits per heavy atom. The van der Waals surface area contributed by atoms with Crippen molar-refractivity contribution in [2.75, 3.05) is 13.2 Å². The van der Waals surface area contributed by atoms with Crippen molar-refractivity contribution >= 4 is 5.97 Å². The van der Waals surface area contributed by atoms with Crippen LogP contribution in [0.4, 0.5) is 0 Å². The number of ether oxygens (including phenoxy) is 2. The Balaban J connectivity index is 2.67. The number of aliphatic hydroxyl groups excluding tert-OH is 1. The van der Waals surface area contributed by atoms with E-state index in [1.54, 1.807) is 20.8 Å². The number of aliphatic hydroxyl groups is 1. The molecule has 20 heavy (non-hydrogen) atoms. The zero-order valence-electron chi connectivity index (χ0n) is 12.5. The number of esters is 1. The van der Waals surface area contributed by atoms with Crippen molar-refractivity contribution < 1.29 is 19.4 Å². The lowest BCUT2D eigenvalue weighted by Crippen LogP contribution is -2.39. The van der Waals surface area contributed by atoms with E-state index in [1.807, 2.05) is 24.3 Å². The fourth-order valence-electron chi connectivity index (χ4n) is 1.85. The minimum atomic E-state index is -1.00. The van der Waals surface area contributed by atoms with Crippen LogP contribution in [0.2, 0.25) is 0 Å². The number of hydrogen-bond acceptors (Lipinski definition) is 4. The third kappa shape index (κ3) is 5.21. The normalized spacial score (nSPS) is 11.2. The maximum Gasteiger partial charge on any atom is 0.349 e.